The van der Waals surface area contributed by atoms with Crippen molar-refractivity contribution in [3.8, 4) is 0 Å². The van der Waals surface area contributed by atoms with Crippen molar-refractivity contribution in [2.75, 3.05) is 0 Å². The zero-order valence-electron chi connectivity index (χ0n) is 10.8. The average molecular weight is 231 g/mol. The second-order valence-electron chi connectivity index (χ2n) is 3.73. The maximum Gasteiger partial charge on any atom is 0.149 e. The number of nitrogens with zero attached hydrogens (tertiary/aromatic N) is 1. The number of rotatable bonds is 1. The van der Waals surface area contributed by atoms with Gasteiger partial charge in [-0.3, -0.25) is 4.98 Å². The van der Waals surface area contributed by atoms with Crippen LogP contribution in [-0.4, -0.2) is 4.98 Å². The highest BCUT2D eigenvalue weighted by Gasteiger charge is 2.07. The lowest BCUT2D eigenvalue weighted by Crippen LogP contribution is -1.92. The molecule has 0 spiro atoms. The van der Waals surface area contributed by atoms with Crippen molar-refractivity contribution in [3.63, 3.8) is 0 Å². The number of hydrogen-bond acceptors (Lipinski definition) is 1. The van der Waals surface area contributed by atoms with Crippen molar-refractivity contribution in [3.05, 3.63) is 47.9 Å². The average Bonchev–Trinajstić information content (AvgIpc) is 2.32. The van der Waals surface area contributed by atoms with Crippen molar-refractivity contribution in [2.24, 2.45) is 0 Å². The summed E-state index contributed by atoms with van der Waals surface area (Å²) in [5.74, 6) is -0.279. The molecule has 0 saturated carbocycles. The van der Waals surface area contributed by atoms with Gasteiger partial charge in [-0.25, -0.2) is 4.39 Å². The van der Waals surface area contributed by atoms with E-state index in [1.807, 2.05) is 39.8 Å². The number of fused-ring (bicyclic) bond motifs is 1. The number of allylic oxidation sites excluding steroid dienone is 1. The highest BCUT2D eigenvalue weighted by Crippen LogP contribution is 2.25. The number of aromatic nitrogens is 1. The summed E-state index contributed by atoms with van der Waals surface area (Å²) in [6.45, 7) is 11.7. The van der Waals surface area contributed by atoms with E-state index in [2.05, 4.69) is 11.6 Å². The molecule has 90 valence electrons. The second kappa shape index (κ2) is 5.58. The first-order valence-corrected chi connectivity index (χ1v) is 5.81. The maximum absolute atomic E-state index is 13.5. The van der Waals surface area contributed by atoms with Crippen molar-refractivity contribution >= 4 is 16.5 Å². The molecule has 0 aliphatic carbocycles. The molecule has 0 bridgehead atoms. The largest absolute Gasteiger partial charge is 0.250 e. The molecule has 0 amide bonds. The van der Waals surface area contributed by atoms with E-state index >= 15 is 0 Å². The Hall–Kier alpha value is -1.70. The highest BCUT2D eigenvalue weighted by atomic mass is 19.1. The summed E-state index contributed by atoms with van der Waals surface area (Å²) >= 11 is 0. The quantitative estimate of drug-likeness (QED) is 0.690. The van der Waals surface area contributed by atoms with E-state index in [-0.39, 0.29) is 5.82 Å². The fourth-order valence-corrected chi connectivity index (χ4v) is 1.69. The molecule has 0 unspecified atom stereocenters. The lowest BCUT2D eigenvalue weighted by atomic mass is 10.0. The van der Waals surface area contributed by atoms with Gasteiger partial charge in [0.2, 0.25) is 0 Å². The van der Waals surface area contributed by atoms with Gasteiger partial charge in [-0.1, -0.05) is 38.1 Å². The Kier molecular flexibility index (Phi) is 4.38. The molecule has 0 radical (unpaired) electrons. The molecule has 2 rings (SSSR count). The number of benzene rings is 1. The van der Waals surface area contributed by atoms with Crippen LogP contribution in [0.25, 0.3) is 16.5 Å². The fourth-order valence-electron chi connectivity index (χ4n) is 1.69. The normalized spacial score (nSPS) is 9.71. The van der Waals surface area contributed by atoms with Crippen LogP contribution >= 0.6 is 0 Å². The van der Waals surface area contributed by atoms with Crippen LogP contribution in [0.2, 0.25) is 0 Å². The van der Waals surface area contributed by atoms with Crippen molar-refractivity contribution < 1.29 is 4.39 Å². The van der Waals surface area contributed by atoms with E-state index in [0.29, 0.717) is 5.52 Å². The monoisotopic (exact) mass is 231 g/mol. The van der Waals surface area contributed by atoms with Crippen LogP contribution in [0.4, 0.5) is 4.39 Å². The fraction of sp³-hybridized carbons (Fsp3) is 0.267. The van der Waals surface area contributed by atoms with Crippen LogP contribution in [0, 0.1) is 12.7 Å². The van der Waals surface area contributed by atoms with E-state index in [4.69, 9.17) is 0 Å². The first-order valence-electron chi connectivity index (χ1n) is 5.81. The van der Waals surface area contributed by atoms with Gasteiger partial charge in [0.25, 0.3) is 0 Å². The van der Waals surface area contributed by atoms with E-state index < -0.39 is 0 Å². The molecule has 0 aliphatic rings. The molecule has 1 nitrogen and oxygen atoms in total. The van der Waals surface area contributed by atoms with Crippen molar-refractivity contribution in [2.45, 2.75) is 27.7 Å². The maximum atomic E-state index is 13.5. The van der Waals surface area contributed by atoms with Gasteiger partial charge in [-0.15, -0.1) is 0 Å². The van der Waals surface area contributed by atoms with Crippen molar-refractivity contribution in [1.82, 2.24) is 4.98 Å². The Balaban J connectivity index is 0.000000686. The standard InChI is InChI=1S/C13H12FN.C2H6/c1-8(2)11-7-9(3)15-13-10(11)5-4-6-12(13)14;1-2/h4-7H,1H2,2-3H3;1-2H3. The van der Waals surface area contributed by atoms with Crippen LogP contribution in [0.5, 0.6) is 0 Å². The summed E-state index contributed by atoms with van der Waals surface area (Å²) in [7, 11) is 0. The lowest BCUT2D eigenvalue weighted by molar-refractivity contribution is 0.636. The predicted molar refractivity (Wildman–Crippen MR) is 72.5 cm³/mol. The van der Waals surface area contributed by atoms with Gasteiger partial charge in [-0.2, -0.15) is 0 Å². The summed E-state index contributed by atoms with van der Waals surface area (Å²) in [5.41, 5.74) is 3.13. The molecule has 0 aliphatic heterocycles. The minimum atomic E-state index is -0.279. The van der Waals surface area contributed by atoms with Gasteiger partial charge in [0, 0.05) is 11.1 Å². The molecule has 0 fully saturated rings. The molecular formula is C15H18FN. The van der Waals surface area contributed by atoms with Crippen LogP contribution in [0.1, 0.15) is 32.0 Å². The minimum absolute atomic E-state index is 0.279. The van der Waals surface area contributed by atoms with Gasteiger partial charge in [0.05, 0.1) is 0 Å². The van der Waals surface area contributed by atoms with Crippen LogP contribution in [0.15, 0.2) is 30.8 Å². The van der Waals surface area contributed by atoms with Gasteiger partial charge in [-0.05, 0) is 31.5 Å². The number of pyridine rings is 1. The number of halogens is 1. The molecule has 2 aromatic rings. The molecule has 1 aromatic heterocycles. The molecular weight excluding hydrogens is 213 g/mol. The molecule has 17 heavy (non-hydrogen) atoms. The summed E-state index contributed by atoms with van der Waals surface area (Å²) in [5, 5.41) is 0.827. The van der Waals surface area contributed by atoms with E-state index in [1.165, 1.54) is 6.07 Å². The molecule has 1 aromatic carbocycles. The SMILES string of the molecule is C=C(C)c1cc(C)nc2c(F)cccc12.CC. The van der Waals surface area contributed by atoms with E-state index in [1.54, 1.807) is 6.07 Å². The summed E-state index contributed by atoms with van der Waals surface area (Å²) in [4.78, 5) is 4.20. The molecule has 0 atom stereocenters. The van der Waals surface area contributed by atoms with Crippen LogP contribution in [-0.2, 0) is 0 Å². The molecule has 1 heterocycles. The summed E-state index contributed by atoms with van der Waals surface area (Å²) in [6.07, 6.45) is 0. The first-order chi connectivity index (χ1) is 8.09. The van der Waals surface area contributed by atoms with Crippen LogP contribution < -0.4 is 0 Å². The molecule has 0 saturated heterocycles. The summed E-state index contributed by atoms with van der Waals surface area (Å²) < 4.78 is 13.5. The number of aryl methyl sites for hydroxylation is 1. The van der Waals surface area contributed by atoms with Crippen LogP contribution in [0.3, 0.4) is 0 Å². The zero-order chi connectivity index (χ0) is 13.0. The third kappa shape index (κ3) is 2.70. The molecule has 2 heteroatoms. The zero-order valence-corrected chi connectivity index (χ0v) is 10.8. The van der Waals surface area contributed by atoms with E-state index in [0.717, 1.165) is 22.2 Å². The Morgan fingerprint density at radius 3 is 2.53 bits per heavy atom. The number of hydrogen-bond donors (Lipinski definition) is 0. The third-order valence-corrected chi connectivity index (χ3v) is 2.38. The number of para-hydroxylation sites is 1. The molecule has 0 N–H and O–H groups in total. The topological polar surface area (TPSA) is 12.9 Å². The second-order valence-corrected chi connectivity index (χ2v) is 3.73. The van der Waals surface area contributed by atoms with Gasteiger partial charge in [0.1, 0.15) is 11.3 Å². The Morgan fingerprint density at radius 1 is 1.29 bits per heavy atom. The lowest BCUT2D eigenvalue weighted by Gasteiger charge is -2.07. The van der Waals surface area contributed by atoms with Crippen molar-refractivity contribution in [1.29, 1.82) is 0 Å². The Morgan fingerprint density at radius 2 is 1.94 bits per heavy atom. The van der Waals surface area contributed by atoms with Gasteiger partial charge in [0.15, 0.2) is 0 Å². The minimum Gasteiger partial charge on any atom is -0.250 e. The van der Waals surface area contributed by atoms with Gasteiger partial charge >= 0.3 is 0 Å². The Labute approximate surface area is 102 Å². The van der Waals surface area contributed by atoms with Gasteiger partial charge < -0.3 is 0 Å². The first kappa shape index (κ1) is 13.4. The third-order valence-electron chi connectivity index (χ3n) is 2.38. The highest BCUT2D eigenvalue weighted by molar-refractivity contribution is 5.91. The van der Waals surface area contributed by atoms with E-state index in [9.17, 15) is 4.39 Å². The predicted octanol–water partition coefficient (Wildman–Crippen LogP) is 4.74. The summed E-state index contributed by atoms with van der Waals surface area (Å²) in [6, 6.07) is 6.93. The smallest absolute Gasteiger partial charge is 0.149 e. The Bertz CT molecular complexity index is 544.